The van der Waals surface area contributed by atoms with Gasteiger partial charge in [-0.05, 0) is 36.4 Å². The molecule has 0 aliphatic carbocycles. The number of rotatable bonds is 8. The van der Waals surface area contributed by atoms with Crippen LogP contribution in [-0.2, 0) is 20.9 Å². The highest BCUT2D eigenvalue weighted by Gasteiger charge is 2.32. The van der Waals surface area contributed by atoms with Gasteiger partial charge in [0.2, 0.25) is 0 Å². The highest BCUT2D eigenvalue weighted by atomic mass is 79.9. The molecule has 0 atom stereocenters. The largest absolute Gasteiger partial charge is 0.495 e. The van der Waals surface area contributed by atoms with E-state index in [9.17, 15) is 21.6 Å². The predicted molar refractivity (Wildman–Crippen MR) is 100 cm³/mol. The predicted octanol–water partition coefficient (Wildman–Crippen LogP) is 4.30. The van der Waals surface area contributed by atoms with Gasteiger partial charge in [-0.1, -0.05) is 15.9 Å². The number of sulfonamides is 1. The van der Waals surface area contributed by atoms with Crippen molar-refractivity contribution >= 4 is 31.6 Å². The van der Waals surface area contributed by atoms with E-state index >= 15 is 0 Å². The molecule has 0 aromatic heterocycles. The summed E-state index contributed by atoms with van der Waals surface area (Å²) in [5.74, 6) is -0.0351. The van der Waals surface area contributed by atoms with Crippen LogP contribution in [0, 0.1) is 0 Å². The zero-order valence-corrected chi connectivity index (χ0v) is 17.2. The number of hydrogen-bond acceptors (Lipinski definition) is 5. The van der Waals surface area contributed by atoms with Crippen LogP contribution in [0.3, 0.4) is 0 Å². The van der Waals surface area contributed by atoms with Crippen molar-refractivity contribution in [3.05, 3.63) is 46.4 Å². The molecule has 0 saturated carbocycles. The van der Waals surface area contributed by atoms with Gasteiger partial charge in [0.1, 0.15) is 23.0 Å². The number of benzene rings is 2. The second kappa shape index (κ2) is 9.01. The zero-order valence-electron chi connectivity index (χ0n) is 14.8. The van der Waals surface area contributed by atoms with Crippen LogP contribution in [0.4, 0.5) is 18.9 Å². The lowest BCUT2D eigenvalue weighted by Crippen LogP contribution is -2.16. The van der Waals surface area contributed by atoms with Gasteiger partial charge in [0.25, 0.3) is 10.0 Å². The lowest BCUT2D eigenvalue weighted by molar-refractivity contribution is -0.137. The molecule has 2 aromatic carbocycles. The van der Waals surface area contributed by atoms with Crippen molar-refractivity contribution in [1.29, 1.82) is 0 Å². The fourth-order valence-electron chi connectivity index (χ4n) is 2.21. The van der Waals surface area contributed by atoms with Crippen LogP contribution >= 0.6 is 15.9 Å². The van der Waals surface area contributed by atoms with Crippen LogP contribution < -0.4 is 14.2 Å². The SMILES string of the molecule is COCCOc1ccc(C(F)(F)F)cc1NS(=O)(=O)c1cc(Br)ccc1OC. The summed E-state index contributed by atoms with van der Waals surface area (Å²) in [7, 11) is -1.56. The van der Waals surface area contributed by atoms with Crippen molar-refractivity contribution in [3.8, 4) is 11.5 Å². The summed E-state index contributed by atoms with van der Waals surface area (Å²) in [4.78, 5) is -0.246. The summed E-state index contributed by atoms with van der Waals surface area (Å²) in [6.45, 7) is 0.198. The molecular weight excluding hydrogens is 467 g/mol. The first-order valence-corrected chi connectivity index (χ1v) is 10.1. The topological polar surface area (TPSA) is 73.9 Å². The molecule has 0 unspecified atom stereocenters. The first kappa shape index (κ1) is 22.3. The van der Waals surface area contributed by atoms with Gasteiger partial charge in [-0.3, -0.25) is 4.72 Å². The van der Waals surface area contributed by atoms with Crippen molar-refractivity contribution in [3.63, 3.8) is 0 Å². The Morgan fingerprint density at radius 2 is 1.71 bits per heavy atom. The van der Waals surface area contributed by atoms with Gasteiger partial charge in [0.15, 0.2) is 0 Å². The summed E-state index contributed by atoms with van der Waals surface area (Å²) in [5, 5.41) is 0. The van der Waals surface area contributed by atoms with Crippen molar-refractivity contribution in [1.82, 2.24) is 0 Å². The van der Waals surface area contributed by atoms with Crippen LogP contribution in [0.2, 0.25) is 0 Å². The second-order valence-electron chi connectivity index (χ2n) is 5.45. The van der Waals surface area contributed by atoms with Crippen molar-refractivity contribution in [2.45, 2.75) is 11.1 Å². The molecule has 1 N–H and O–H groups in total. The second-order valence-corrected chi connectivity index (χ2v) is 8.02. The number of methoxy groups -OCH3 is 2. The number of halogens is 4. The Hall–Kier alpha value is -1.98. The molecule has 6 nitrogen and oxygen atoms in total. The van der Waals surface area contributed by atoms with Gasteiger partial charge in [-0.2, -0.15) is 13.2 Å². The average Bonchev–Trinajstić information content (AvgIpc) is 2.62. The summed E-state index contributed by atoms with van der Waals surface area (Å²) in [6, 6.07) is 6.79. The zero-order chi connectivity index (χ0) is 20.9. The Morgan fingerprint density at radius 1 is 1.04 bits per heavy atom. The third-order valence-corrected chi connectivity index (χ3v) is 5.39. The Balaban J connectivity index is 2.48. The number of anilines is 1. The van der Waals surface area contributed by atoms with Gasteiger partial charge in [0.05, 0.1) is 25.0 Å². The molecule has 0 radical (unpaired) electrons. The van der Waals surface area contributed by atoms with E-state index in [1.165, 1.54) is 26.4 Å². The molecule has 0 heterocycles. The molecule has 0 fully saturated rings. The molecule has 0 aliphatic heterocycles. The summed E-state index contributed by atoms with van der Waals surface area (Å²) >= 11 is 3.16. The first-order chi connectivity index (χ1) is 13.1. The van der Waals surface area contributed by atoms with Gasteiger partial charge >= 0.3 is 6.18 Å². The summed E-state index contributed by atoms with van der Waals surface area (Å²) in [6.07, 6.45) is -4.65. The maximum absolute atomic E-state index is 13.1. The highest BCUT2D eigenvalue weighted by molar-refractivity contribution is 9.10. The minimum atomic E-state index is -4.65. The van der Waals surface area contributed by atoms with Crippen molar-refractivity contribution in [2.24, 2.45) is 0 Å². The lowest BCUT2D eigenvalue weighted by atomic mass is 10.2. The molecule has 0 aliphatic rings. The van der Waals surface area contributed by atoms with Crippen LogP contribution in [0.5, 0.6) is 11.5 Å². The molecule has 154 valence electrons. The van der Waals surface area contributed by atoms with Gasteiger partial charge in [-0.25, -0.2) is 8.42 Å². The molecule has 2 aromatic rings. The number of hydrogen-bond donors (Lipinski definition) is 1. The third kappa shape index (κ3) is 5.52. The molecule has 0 saturated heterocycles. The lowest BCUT2D eigenvalue weighted by Gasteiger charge is -2.17. The van der Waals surface area contributed by atoms with Crippen molar-refractivity contribution < 1.29 is 35.8 Å². The van der Waals surface area contributed by atoms with E-state index in [2.05, 4.69) is 20.7 Å². The van der Waals surface area contributed by atoms with E-state index in [-0.39, 0.29) is 35.3 Å². The number of ether oxygens (including phenoxy) is 3. The molecule has 0 spiro atoms. The minimum Gasteiger partial charge on any atom is -0.495 e. The molecule has 0 amide bonds. The fourth-order valence-corrected chi connectivity index (χ4v) is 3.98. The van der Waals surface area contributed by atoms with Crippen LogP contribution in [-0.4, -0.2) is 35.9 Å². The maximum atomic E-state index is 13.1. The number of alkyl halides is 3. The van der Waals surface area contributed by atoms with Crippen molar-refractivity contribution in [2.75, 3.05) is 32.2 Å². The Morgan fingerprint density at radius 3 is 2.32 bits per heavy atom. The van der Waals surface area contributed by atoms with E-state index in [0.717, 1.165) is 12.1 Å². The fraction of sp³-hybridized carbons (Fsp3) is 0.294. The number of nitrogens with one attached hydrogen (secondary N) is 1. The van der Waals surface area contributed by atoms with E-state index in [1.54, 1.807) is 6.07 Å². The van der Waals surface area contributed by atoms with Gasteiger partial charge in [-0.15, -0.1) is 0 Å². The monoisotopic (exact) mass is 483 g/mol. The molecular formula is C17H17BrF3NO5S. The molecule has 28 heavy (non-hydrogen) atoms. The van der Waals surface area contributed by atoms with Gasteiger partial charge in [0, 0.05) is 11.6 Å². The van der Waals surface area contributed by atoms with E-state index in [4.69, 9.17) is 14.2 Å². The minimum absolute atomic E-state index is 0.0246. The summed E-state index contributed by atoms with van der Waals surface area (Å²) < 4.78 is 82.6. The molecule has 2 rings (SSSR count). The molecule has 0 bridgehead atoms. The highest BCUT2D eigenvalue weighted by Crippen LogP contribution is 2.37. The van der Waals surface area contributed by atoms with E-state index in [0.29, 0.717) is 10.5 Å². The van der Waals surface area contributed by atoms with E-state index < -0.39 is 21.8 Å². The Labute approximate surface area is 168 Å². The smallest absolute Gasteiger partial charge is 0.416 e. The first-order valence-electron chi connectivity index (χ1n) is 7.78. The Kier molecular flexibility index (Phi) is 7.18. The van der Waals surface area contributed by atoms with Crippen LogP contribution in [0.25, 0.3) is 0 Å². The third-order valence-electron chi connectivity index (χ3n) is 3.51. The summed E-state index contributed by atoms with van der Waals surface area (Å²) in [5.41, 5.74) is -1.38. The van der Waals surface area contributed by atoms with Crippen LogP contribution in [0.1, 0.15) is 5.56 Å². The van der Waals surface area contributed by atoms with Gasteiger partial charge < -0.3 is 14.2 Å². The normalized spacial score (nSPS) is 11.9. The average molecular weight is 484 g/mol. The maximum Gasteiger partial charge on any atom is 0.416 e. The quantitative estimate of drug-likeness (QED) is 0.566. The molecule has 11 heteroatoms. The van der Waals surface area contributed by atoms with Crippen LogP contribution in [0.15, 0.2) is 45.8 Å². The standard InChI is InChI=1S/C17H17BrF3NO5S/c1-25-7-8-27-14-5-3-11(17(19,20)21)9-13(14)22-28(23,24)16-10-12(18)4-6-15(16)26-2/h3-6,9-10,22H,7-8H2,1-2H3. The van der Waals surface area contributed by atoms with E-state index in [1.807, 2.05) is 0 Å². The Bertz CT molecular complexity index is 935.